The molecule has 22 heavy (non-hydrogen) atoms. The Morgan fingerprint density at radius 1 is 1.27 bits per heavy atom. The van der Waals surface area contributed by atoms with Crippen molar-refractivity contribution < 1.29 is 14.3 Å². The van der Waals surface area contributed by atoms with Gasteiger partial charge in [-0.3, -0.25) is 4.79 Å². The van der Waals surface area contributed by atoms with Gasteiger partial charge in [-0.15, -0.1) is 0 Å². The highest BCUT2D eigenvalue weighted by molar-refractivity contribution is 5.96. The second kappa shape index (κ2) is 6.11. The van der Waals surface area contributed by atoms with Gasteiger partial charge in [0.15, 0.2) is 0 Å². The molecule has 2 saturated carbocycles. The molecule has 1 aromatic carbocycles. The molecule has 2 aliphatic carbocycles. The van der Waals surface area contributed by atoms with Crippen LogP contribution in [0, 0.1) is 24.7 Å². The Hall–Kier alpha value is -1.84. The number of carbonyl (C=O) groups excluding carboxylic acids is 2. The average molecular weight is 301 g/mol. The quantitative estimate of drug-likeness (QED) is 0.865. The summed E-state index contributed by atoms with van der Waals surface area (Å²) < 4.78 is 4.77. The number of anilines is 1. The Bertz CT molecular complexity index is 596. The van der Waals surface area contributed by atoms with Crippen LogP contribution in [-0.2, 0) is 9.53 Å². The molecule has 0 spiro atoms. The van der Waals surface area contributed by atoms with Gasteiger partial charge in [-0.2, -0.15) is 0 Å². The summed E-state index contributed by atoms with van der Waals surface area (Å²) in [6, 6.07) is 5.32. The maximum atomic E-state index is 12.3. The van der Waals surface area contributed by atoms with Crippen LogP contribution in [0.1, 0.15) is 48.0 Å². The molecule has 0 aliphatic heterocycles. The van der Waals surface area contributed by atoms with Gasteiger partial charge in [0.2, 0.25) is 5.91 Å². The average Bonchev–Trinajstić information content (AvgIpc) is 3.11. The number of nitrogens with one attached hydrogen (secondary N) is 1. The van der Waals surface area contributed by atoms with Crippen molar-refractivity contribution >= 4 is 17.6 Å². The topological polar surface area (TPSA) is 55.4 Å². The third-order valence-corrected chi connectivity index (χ3v) is 5.35. The van der Waals surface area contributed by atoms with Gasteiger partial charge in [0.25, 0.3) is 0 Å². The molecule has 3 atom stereocenters. The van der Waals surface area contributed by atoms with Crippen molar-refractivity contribution in [1.82, 2.24) is 0 Å². The molecule has 118 valence electrons. The van der Waals surface area contributed by atoms with Crippen LogP contribution in [0.5, 0.6) is 0 Å². The van der Waals surface area contributed by atoms with Crippen LogP contribution in [0.4, 0.5) is 5.69 Å². The first-order valence-electron chi connectivity index (χ1n) is 8.06. The Balaban J connectivity index is 1.65. The first-order valence-corrected chi connectivity index (χ1v) is 8.06. The first kappa shape index (κ1) is 15.1. The van der Waals surface area contributed by atoms with Crippen molar-refractivity contribution in [2.45, 2.75) is 39.0 Å². The lowest BCUT2D eigenvalue weighted by atomic mass is 9.86. The minimum Gasteiger partial charge on any atom is -0.465 e. The fourth-order valence-corrected chi connectivity index (χ4v) is 4.17. The van der Waals surface area contributed by atoms with Crippen LogP contribution < -0.4 is 5.32 Å². The highest BCUT2D eigenvalue weighted by Gasteiger charge is 2.40. The number of fused-ring (bicyclic) bond motifs is 2. The zero-order chi connectivity index (χ0) is 15.7. The molecular formula is C18H23NO3. The summed E-state index contributed by atoms with van der Waals surface area (Å²) in [6.07, 6.45) is 5.76. The predicted octanol–water partition coefficient (Wildman–Crippen LogP) is 3.55. The van der Waals surface area contributed by atoms with Crippen molar-refractivity contribution in [2.75, 3.05) is 12.4 Å². The first-order chi connectivity index (χ1) is 10.6. The summed E-state index contributed by atoms with van der Waals surface area (Å²) in [7, 11) is 1.36. The van der Waals surface area contributed by atoms with Crippen molar-refractivity contribution in [1.29, 1.82) is 0 Å². The van der Waals surface area contributed by atoms with E-state index in [1.165, 1.54) is 32.8 Å². The highest BCUT2D eigenvalue weighted by Crippen LogP contribution is 2.49. The summed E-state index contributed by atoms with van der Waals surface area (Å²) in [6.45, 7) is 1.83. The highest BCUT2D eigenvalue weighted by atomic mass is 16.5. The van der Waals surface area contributed by atoms with Gasteiger partial charge < -0.3 is 10.1 Å². The fourth-order valence-electron chi connectivity index (χ4n) is 4.17. The van der Waals surface area contributed by atoms with Crippen LogP contribution in [0.15, 0.2) is 18.2 Å². The van der Waals surface area contributed by atoms with E-state index in [2.05, 4.69) is 5.32 Å². The Morgan fingerprint density at radius 3 is 2.73 bits per heavy atom. The van der Waals surface area contributed by atoms with Gasteiger partial charge in [-0.1, -0.05) is 12.5 Å². The number of benzene rings is 1. The van der Waals surface area contributed by atoms with E-state index in [0.717, 1.165) is 17.4 Å². The molecule has 3 unspecified atom stereocenters. The van der Waals surface area contributed by atoms with E-state index < -0.39 is 0 Å². The fraction of sp³-hybridized carbons (Fsp3) is 0.556. The molecule has 2 bridgehead atoms. The molecule has 2 fully saturated rings. The molecule has 1 aromatic rings. The molecule has 0 radical (unpaired) electrons. The normalized spacial score (nSPS) is 26.0. The molecule has 1 amide bonds. The van der Waals surface area contributed by atoms with Gasteiger partial charge in [-0.25, -0.2) is 4.79 Å². The molecular weight excluding hydrogens is 278 g/mol. The van der Waals surface area contributed by atoms with Crippen molar-refractivity contribution in [2.24, 2.45) is 17.8 Å². The molecule has 1 N–H and O–H groups in total. The number of methoxy groups -OCH3 is 1. The van der Waals surface area contributed by atoms with Crippen molar-refractivity contribution in [3.8, 4) is 0 Å². The molecule has 0 heterocycles. The lowest BCUT2D eigenvalue weighted by molar-refractivity contribution is -0.117. The Morgan fingerprint density at radius 2 is 2.09 bits per heavy atom. The third-order valence-electron chi connectivity index (χ3n) is 5.35. The van der Waals surface area contributed by atoms with Crippen molar-refractivity contribution in [3.05, 3.63) is 29.3 Å². The van der Waals surface area contributed by atoms with Crippen LogP contribution in [0.2, 0.25) is 0 Å². The zero-order valence-corrected chi connectivity index (χ0v) is 13.2. The van der Waals surface area contributed by atoms with E-state index in [-0.39, 0.29) is 11.9 Å². The summed E-state index contributed by atoms with van der Waals surface area (Å²) in [4.78, 5) is 24.0. The van der Waals surface area contributed by atoms with Gasteiger partial charge in [-0.05, 0) is 61.6 Å². The minimum absolute atomic E-state index is 0.0580. The van der Waals surface area contributed by atoms with E-state index >= 15 is 0 Å². The number of esters is 1. The Labute approximate surface area is 131 Å². The largest absolute Gasteiger partial charge is 0.465 e. The summed E-state index contributed by atoms with van der Waals surface area (Å²) in [5, 5.41) is 2.97. The molecule has 0 saturated heterocycles. The molecule has 4 nitrogen and oxygen atoms in total. The standard InChI is InChI=1S/C18H23NO3/c1-11-15(18(21)22-2)4-3-5-16(11)19-17(20)10-14-9-12-6-7-13(14)8-12/h3-5,12-14H,6-10H2,1-2H3,(H,19,20). The number of amides is 1. The number of hydrogen-bond donors (Lipinski definition) is 1. The van der Waals surface area contributed by atoms with Crippen LogP contribution >= 0.6 is 0 Å². The van der Waals surface area contributed by atoms with Gasteiger partial charge >= 0.3 is 5.97 Å². The number of ether oxygens (including phenoxy) is 1. The van der Waals surface area contributed by atoms with Gasteiger partial charge in [0.05, 0.1) is 12.7 Å². The van der Waals surface area contributed by atoms with E-state index in [1.54, 1.807) is 12.1 Å². The second-order valence-electron chi connectivity index (χ2n) is 6.66. The maximum absolute atomic E-state index is 12.3. The lowest BCUT2D eigenvalue weighted by Crippen LogP contribution is -2.21. The minimum atomic E-state index is -0.373. The second-order valence-corrected chi connectivity index (χ2v) is 6.66. The van der Waals surface area contributed by atoms with Crippen LogP contribution in [-0.4, -0.2) is 19.0 Å². The molecule has 0 aromatic heterocycles. The Kier molecular flexibility index (Phi) is 4.19. The molecule has 2 aliphatic rings. The van der Waals surface area contributed by atoms with E-state index in [1.807, 2.05) is 13.0 Å². The van der Waals surface area contributed by atoms with Crippen LogP contribution in [0.25, 0.3) is 0 Å². The van der Waals surface area contributed by atoms with Gasteiger partial charge in [0.1, 0.15) is 0 Å². The third kappa shape index (κ3) is 2.87. The van der Waals surface area contributed by atoms with Crippen molar-refractivity contribution in [3.63, 3.8) is 0 Å². The zero-order valence-electron chi connectivity index (χ0n) is 13.2. The van der Waals surface area contributed by atoms with Gasteiger partial charge in [0, 0.05) is 12.1 Å². The number of carbonyl (C=O) groups is 2. The summed E-state index contributed by atoms with van der Waals surface area (Å²) in [5.74, 6) is 1.83. The SMILES string of the molecule is COC(=O)c1cccc(NC(=O)CC2CC3CCC2C3)c1C. The smallest absolute Gasteiger partial charge is 0.338 e. The summed E-state index contributed by atoms with van der Waals surface area (Å²) >= 11 is 0. The van der Waals surface area contributed by atoms with E-state index in [4.69, 9.17) is 4.74 Å². The molecule has 3 rings (SSSR count). The monoisotopic (exact) mass is 301 g/mol. The number of rotatable bonds is 4. The molecule has 4 heteroatoms. The van der Waals surface area contributed by atoms with Crippen LogP contribution in [0.3, 0.4) is 0 Å². The lowest BCUT2D eigenvalue weighted by Gasteiger charge is -2.21. The number of hydrogen-bond acceptors (Lipinski definition) is 3. The van der Waals surface area contributed by atoms with E-state index in [9.17, 15) is 9.59 Å². The predicted molar refractivity (Wildman–Crippen MR) is 84.7 cm³/mol. The maximum Gasteiger partial charge on any atom is 0.338 e. The summed E-state index contributed by atoms with van der Waals surface area (Å²) in [5.41, 5.74) is 1.96. The van der Waals surface area contributed by atoms with E-state index in [0.29, 0.717) is 23.6 Å².